The lowest BCUT2D eigenvalue weighted by Crippen LogP contribution is -2.49. The Morgan fingerprint density at radius 3 is 2.70 bits per heavy atom. The Morgan fingerprint density at radius 1 is 1.14 bits per heavy atom. The van der Waals surface area contributed by atoms with Crippen molar-refractivity contribution in [2.45, 2.75) is 76.1 Å². The smallest absolute Gasteiger partial charge is 0.264 e. The van der Waals surface area contributed by atoms with Gasteiger partial charge in [-0.05, 0) is 104 Å². The Bertz CT molecular complexity index is 1530. The SMILES string of the molecule is CC[C@H]1[C@H](C)[C@H](C)/C=C\[C@H](O)[C@@H]2CC[C@H]2CN2C[C@@]3(CCCc4cc(Cl)ccc43)COc3ccc(cc32)C(=O)NS1(=O)=O. The number of carbonyl (C=O) groups excluding carboxylic acids is 1. The zero-order chi connectivity index (χ0) is 30.5. The van der Waals surface area contributed by atoms with E-state index in [9.17, 15) is 18.3 Å². The van der Waals surface area contributed by atoms with Gasteiger partial charge in [0, 0.05) is 29.1 Å². The number of ether oxygens (including phenoxy) is 1. The molecule has 7 atom stereocenters. The van der Waals surface area contributed by atoms with Crippen molar-refractivity contribution in [3.05, 3.63) is 70.3 Å². The Labute approximate surface area is 260 Å². The van der Waals surface area contributed by atoms with Gasteiger partial charge in [0.2, 0.25) is 10.0 Å². The first kappa shape index (κ1) is 30.5. The predicted molar refractivity (Wildman–Crippen MR) is 170 cm³/mol. The molecule has 4 aliphatic rings. The summed E-state index contributed by atoms with van der Waals surface area (Å²) in [6.07, 6.45) is 8.51. The predicted octanol–water partition coefficient (Wildman–Crippen LogP) is 5.88. The number of amides is 1. The maximum absolute atomic E-state index is 13.5. The molecule has 2 bridgehead atoms. The van der Waals surface area contributed by atoms with Crippen molar-refractivity contribution in [3.8, 4) is 5.75 Å². The number of nitrogens with one attached hydrogen (secondary N) is 1. The van der Waals surface area contributed by atoms with Crippen LogP contribution in [0.4, 0.5) is 5.69 Å². The van der Waals surface area contributed by atoms with E-state index in [1.165, 1.54) is 11.1 Å². The normalized spacial score (nSPS) is 34.5. The average Bonchev–Trinajstić information content (AvgIpc) is 3.10. The van der Waals surface area contributed by atoms with Crippen LogP contribution in [0.15, 0.2) is 48.6 Å². The number of halogens is 1. The lowest BCUT2D eigenvalue weighted by Gasteiger charge is -2.45. The lowest BCUT2D eigenvalue weighted by atomic mass is 9.68. The van der Waals surface area contributed by atoms with Gasteiger partial charge >= 0.3 is 0 Å². The molecule has 1 amide bonds. The molecule has 1 spiro atoms. The van der Waals surface area contributed by atoms with Crippen molar-refractivity contribution < 1.29 is 23.1 Å². The molecule has 232 valence electrons. The Balaban J connectivity index is 1.43. The quantitative estimate of drug-likeness (QED) is 0.384. The molecule has 0 unspecified atom stereocenters. The molecule has 2 N–H and O–H groups in total. The van der Waals surface area contributed by atoms with Crippen LogP contribution < -0.4 is 14.4 Å². The van der Waals surface area contributed by atoms with Crippen LogP contribution in [0.3, 0.4) is 0 Å². The second kappa shape index (κ2) is 11.8. The first-order valence-corrected chi connectivity index (χ1v) is 17.7. The van der Waals surface area contributed by atoms with Crippen LogP contribution in [-0.2, 0) is 21.9 Å². The van der Waals surface area contributed by atoms with Crippen molar-refractivity contribution in [1.29, 1.82) is 0 Å². The molecule has 1 saturated carbocycles. The van der Waals surface area contributed by atoms with Gasteiger partial charge in [0.1, 0.15) is 5.75 Å². The summed E-state index contributed by atoms with van der Waals surface area (Å²) in [6, 6.07) is 11.4. The summed E-state index contributed by atoms with van der Waals surface area (Å²) >= 11 is 6.40. The number of benzene rings is 2. The highest BCUT2D eigenvalue weighted by Crippen LogP contribution is 2.47. The second-order valence-corrected chi connectivity index (χ2v) is 15.6. The molecule has 9 heteroatoms. The number of hydrogen-bond acceptors (Lipinski definition) is 6. The van der Waals surface area contributed by atoms with E-state index in [-0.39, 0.29) is 34.7 Å². The Hall–Kier alpha value is -2.55. The number of carbonyl (C=O) groups is 1. The maximum Gasteiger partial charge on any atom is 0.264 e. The van der Waals surface area contributed by atoms with Gasteiger partial charge in [-0.1, -0.05) is 50.6 Å². The summed E-state index contributed by atoms with van der Waals surface area (Å²) in [5.41, 5.74) is 3.33. The highest BCUT2D eigenvalue weighted by molar-refractivity contribution is 7.90. The minimum atomic E-state index is -3.96. The van der Waals surface area contributed by atoms with E-state index >= 15 is 0 Å². The molecule has 1 fully saturated rings. The molecular weight excluding hydrogens is 584 g/mol. The molecule has 2 heterocycles. The summed E-state index contributed by atoms with van der Waals surface area (Å²) in [7, 11) is -3.96. The molecule has 0 radical (unpaired) electrons. The van der Waals surface area contributed by atoms with E-state index in [2.05, 4.69) is 21.8 Å². The molecule has 2 aliphatic carbocycles. The largest absolute Gasteiger partial charge is 0.490 e. The van der Waals surface area contributed by atoms with Gasteiger partial charge < -0.3 is 14.7 Å². The highest BCUT2D eigenvalue weighted by atomic mass is 35.5. The van der Waals surface area contributed by atoms with E-state index in [4.69, 9.17) is 16.3 Å². The summed E-state index contributed by atoms with van der Waals surface area (Å²) in [5, 5.41) is 11.3. The zero-order valence-electron chi connectivity index (χ0n) is 25.3. The monoisotopic (exact) mass is 626 g/mol. The second-order valence-electron chi connectivity index (χ2n) is 13.3. The number of anilines is 1. The number of rotatable bonds is 1. The lowest BCUT2D eigenvalue weighted by molar-refractivity contribution is 0.0453. The molecule has 0 aromatic heterocycles. The summed E-state index contributed by atoms with van der Waals surface area (Å²) in [6.45, 7) is 7.62. The van der Waals surface area contributed by atoms with Gasteiger partial charge in [-0.25, -0.2) is 13.1 Å². The van der Waals surface area contributed by atoms with Gasteiger partial charge in [-0.2, -0.15) is 0 Å². The minimum Gasteiger partial charge on any atom is -0.490 e. The summed E-state index contributed by atoms with van der Waals surface area (Å²) in [5.74, 6) is 0.110. The number of sulfonamides is 1. The number of aryl methyl sites for hydroxylation is 1. The van der Waals surface area contributed by atoms with E-state index in [0.717, 1.165) is 42.8 Å². The fourth-order valence-electron chi connectivity index (χ4n) is 7.89. The summed E-state index contributed by atoms with van der Waals surface area (Å²) in [4.78, 5) is 15.8. The van der Waals surface area contributed by atoms with Crippen LogP contribution in [0.25, 0.3) is 0 Å². The Morgan fingerprint density at radius 2 is 1.95 bits per heavy atom. The molecular formula is C34H43ClN2O5S. The third-order valence-electron chi connectivity index (χ3n) is 10.7. The number of aliphatic hydroxyl groups excluding tert-OH is 1. The first-order chi connectivity index (χ1) is 20.5. The van der Waals surface area contributed by atoms with Crippen LogP contribution in [0.1, 0.15) is 74.4 Å². The third kappa shape index (κ3) is 5.71. The molecule has 6 rings (SSSR count). The van der Waals surface area contributed by atoms with Gasteiger partial charge in [0.25, 0.3) is 5.91 Å². The molecule has 2 aromatic rings. The van der Waals surface area contributed by atoms with Crippen molar-refractivity contribution in [2.24, 2.45) is 23.7 Å². The van der Waals surface area contributed by atoms with Crippen LogP contribution in [0.2, 0.25) is 5.02 Å². The number of fused-ring (bicyclic) bond motifs is 4. The third-order valence-corrected chi connectivity index (χ3v) is 13.0. The van der Waals surface area contributed by atoms with E-state index in [1.807, 2.05) is 39.0 Å². The molecule has 2 aromatic carbocycles. The number of aliphatic hydroxyl groups is 1. The van der Waals surface area contributed by atoms with E-state index < -0.39 is 27.3 Å². The van der Waals surface area contributed by atoms with Gasteiger partial charge in [0.05, 0.1) is 23.6 Å². The summed E-state index contributed by atoms with van der Waals surface area (Å²) < 4.78 is 35.9. The van der Waals surface area contributed by atoms with Crippen molar-refractivity contribution in [2.75, 3.05) is 24.6 Å². The topological polar surface area (TPSA) is 95.9 Å². The van der Waals surface area contributed by atoms with Crippen molar-refractivity contribution in [1.82, 2.24) is 4.72 Å². The molecule has 2 aliphatic heterocycles. The van der Waals surface area contributed by atoms with Gasteiger partial charge in [-0.15, -0.1) is 0 Å². The molecule has 7 nitrogen and oxygen atoms in total. The molecule has 43 heavy (non-hydrogen) atoms. The van der Waals surface area contributed by atoms with Crippen LogP contribution in [-0.4, -0.2) is 50.5 Å². The number of hydrogen-bond donors (Lipinski definition) is 2. The van der Waals surface area contributed by atoms with E-state index in [1.54, 1.807) is 18.2 Å². The molecule has 0 saturated heterocycles. The van der Waals surface area contributed by atoms with Gasteiger partial charge in [-0.3, -0.25) is 4.79 Å². The van der Waals surface area contributed by atoms with E-state index in [0.29, 0.717) is 31.9 Å². The highest BCUT2D eigenvalue weighted by Gasteiger charge is 2.44. The Kier molecular flexibility index (Phi) is 8.33. The number of allylic oxidation sites excluding steroid dienone is 1. The van der Waals surface area contributed by atoms with Gasteiger partial charge in [0.15, 0.2) is 0 Å². The fraction of sp³-hybridized carbons (Fsp3) is 0.559. The fourth-order valence-corrected chi connectivity index (χ4v) is 9.87. The first-order valence-electron chi connectivity index (χ1n) is 15.7. The van der Waals surface area contributed by atoms with Crippen LogP contribution >= 0.6 is 11.6 Å². The van der Waals surface area contributed by atoms with Crippen molar-refractivity contribution >= 4 is 33.2 Å². The minimum absolute atomic E-state index is 0.0916. The maximum atomic E-state index is 13.5. The van der Waals surface area contributed by atoms with Crippen LogP contribution in [0, 0.1) is 23.7 Å². The standard InChI is InChI=1S/C34H43ClN2O5S/c1-4-32-22(3)21(2)7-13-30(38)27-11-8-25(27)18-37-19-34(15-5-6-23-16-26(35)10-12-28(23)34)20-42-31-14-9-24(17-29(31)37)33(39)36-43(32,40)41/h7,9-10,12-14,16-17,21-22,25,27,30,32,38H,4-6,8,11,15,18-20H2,1-3H3,(H,36,39)/b13-7-/t21-,22-,25+,27-,30+,32+,34+/m1/s1. The number of nitrogens with zero attached hydrogens (tertiary/aromatic N) is 1. The zero-order valence-corrected chi connectivity index (χ0v) is 26.8. The average molecular weight is 627 g/mol. The van der Waals surface area contributed by atoms with Crippen LogP contribution in [0.5, 0.6) is 5.75 Å². The van der Waals surface area contributed by atoms with Crippen molar-refractivity contribution in [3.63, 3.8) is 0 Å².